The average Bonchev–Trinajstić information content (AvgIpc) is 2.31. The van der Waals surface area contributed by atoms with Crippen LogP contribution in [0.2, 0.25) is 5.02 Å². The number of nitrogens with one attached hydrogen (secondary N) is 1. The summed E-state index contributed by atoms with van der Waals surface area (Å²) in [6.45, 7) is 7.22. The Morgan fingerprint density at radius 2 is 2.11 bits per heavy atom. The van der Waals surface area contributed by atoms with Crippen molar-refractivity contribution >= 4 is 33.2 Å². The monoisotopic (exact) mass is 332 g/mol. The van der Waals surface area contributed by atoms with Crippen LogP contribution in [0.4, 0.5) is 5.69 Å². The normalized spacial score (nSPS) is 14.6. The van der Waals surface area contributed by atoms with Crippen LogP contribution in [0, 0.1) is 5.92 Å². The molecule has 0 amide bonds. The lowest BCUT2D eigenvalue weighted by Gasteiger charge is -2.31. The first-order chi connectivity index (χ1) is 8.36. The van der Waals surface area contributed by atoms with Gasteiger partial charge in [-0.1, -0.05) is 25.4 Å². The van der Waals surface area contributed by atoms with Crippen LogP contribution in [0.1, 0.15) is 33.6 Å². The maximum Gasteiger partial charge on any atom is 0.0568 e. The van der Waals surface area contributed by atoms with Crippen molar-refractivity contribution in [2.24, 2.45) is 11.7 Å². The number of anilines is 1. The summed E-state index contributed by atoms with van der Waals surface area (Å²) >= 11 is 9.49. The minimum absolute atomic E-state index is 0.0819. The van der Waals surface area contributed by atoms with Gasteiger partial charge >= 0.3 is 0 Å². The molecule has 3 N–H and O–H groups in total. The molecule has 0 aliphatic carbocycles. The Balaban J connectivity index is 2.74. The maximum absolute atomic E-state index is 6.10. The molecule has 0 saturated heterocycles. The minimum Gasteiger partial charge on any atom is -0.379 e. The zero-order chi connectivity index (χ0) is 13.8. The van der Waals surface area contributed by atoms with Crippen molar-refractivity contribution in [2.75, 3.05) is 11.9 Å². The Labute approximate surface area is 123 Å². The molecule has 0 fully saturated rings. The summed E-state index contributed by atoms with van der Waals surface area (Å²) in [6.07, 6.45) is 2.21. The first-order valence-corrected chi connectivity index (χ1v) is 7.47. The second-order valence-electron chi connectivity index (χ2n) is 5.45. The van der Waals surface area contributed by atoms with Gasteiger partial charge in [0.25, 0.3) is 0 Å². The Morgan fingerprint density at radius 3 is 2.61 bits per heavy atom. The third-order valence-electron chi connectivity index (χ3n) is 3.09. The maximum atomic E-state index is 6.10. The number of hydrogen-bond acceptors (Lipinski definition) is 2. The smallest absolute Gasteiger partial charge is 0.0568 e. The number of rotatable bonds is 6. The quantitative estimate of drug-likeness (QED) is 0.794. The Hall–Kier alpha value is -0.250. The van der Waals surface area contributed by atoms with Gasteiger partial charge in [0, 0.05) is 22.2 Å². The van der Waals surface area contributed by atoms with Crippen LogP contribution in [0.3, 0.4) is 0 Å². The molecule has 18 heavy (non-hydrogen) atoms. The predicted molar refractivity (Wildman–Crippen MR) is 84.3 cm³/mol. The van der Waals surface area contributed by atoms with Gasteiger partial charge in [-0.15, -0.1) is 0 Å². The standard InChI is InChI=1S/C14H22BrClN2/c1-10(2)6-7-14(3,9-17)18-11-4-5-12(15)13(16)8-11/h4-5,8,10,18H,6-7,9,17H2,1-3H3. The highest BCUT2D eigenvalue weighted by Crippen LogP contribution is 2.28. The molecule has 1 atom stereocenters. The third kappa shape index (κ3) is 4.79. The van der Waals surface area contributed by atoms with Gasteiger partial charge in [-0.3, -0.25) is 0 Å². The lowest BCUT2D eigenvalue weighted by atomic mass is 9.91. The summed E-state index contributed by atoms with van der Waals surface area (Å²) in [7, 11) is 0. The lowest BCUT2D eigenvalue weighted by molar-refractivity contribution is 0.420. The van der Waals surface area contributed by atoms with Crippen LogP contribution >= 0.6 is 27.5 Å². The predicted octanol–water partition coefficient (Wildman–Crippen LogP) is 4.67. The molecule has 0 aliphatic rings. The Morgan fingerprint density at radius 1 is 1.44 bits per heavy atom. The summed E-state index contributed by atoms with van der Waals surface area (Å²) in [6, 6.07) is 5.89. The molecule has 2 nitrogen and oxygen atoms in total. The van der Waals surface area contributed by atoms with Crippen LogP contribution in [0.25, 0.3) is 0 Å². The largest absolute Gasteiger partial charge is 0.379 e. The highest BCUT2D eigenvalue weighted by molar-refractivity contribution is 9.10. The molecule has 0 radical (unpaired) electrons. The van der Waals surface area contributed by atoms with Gasteiger partial charge in [-0.25, -0.2) is 0 Å². The van der Waals surface area contributed by atoms with Crippen LogP contribution in [-0.4, -0.2) is 12.1 Å². The molecular formula is C14H22BrClN2. The van der Waals surface area contributed by atoms with E-state index >= 15 is 0 Å². The molecule has 1 unspecified atom stereocenters. The van der Waals surface area contributed by atoms with Crippen LogP contribution in [0.15, 0.2) is 22.7 Å². The molecule has 102 valence electrons. The topological polar surface area (TPSA) is 38.0 Å². The van der Waals surface area contributed by atoms with E-state index in [1.165, 1.54) is 0 Å². The molecule has 0 aliphatic heterocycles. The first-order valence-electron chi connectivity index (χ1n) is 6.29. The molecule has 1 rings (SSSR count). The van der Waals surface area contributed by atoms with Gasteiger partial charge in [0.05, 0.1) is 5.02 Å². The van der Waals surface area contributed by atoms with Crippen molar-refractivity contribution in [3.8, 4) is 0 Å². The third-order valence-corrected chi connectivity index (χ3v) is 4.32. The molecule has 4 heteroatoms. The molecule has 1 aromatic rings. The van der Waals surface area contributed by atoms with Gasteiger partial charge in [0.1, 0.15) is 0 Å². The summed E-state index contributed by atoms with van der Waals surface area (Å²) in [5.41, 5.74) is 6.84. The van der Waals surface area contributed by atoms with Gasteiger partial charge in [0.2, 0.25) is 0 Å². The Kier molecular flexibility index (Phi) is 5.96. The van der Waals surface area contributed by atoms with Crippen molar-refractivity contribution in [3.05, 3.63) is 27.7 Å². The summed E-state index contributed by atoms with van der Waals surface area (Å²) in [5, 5.41) is 4.21. The van der Waals surface area contributed by atoms with Gasteiger partial charge < -0.3 is 11.1 Å². The number of hydrogen-bond donors (Lipinski definition) is 2. The van der Waals surface area contributed by atoms with Crippen molar-refractivity contribution in [3.63, 3.8) is 0 Å². The van der Waals surface area contributed by atoms with Gasteiger partial charge in [-0.2, -0.15) is 0 Å². The van der Waals surface area contributed by atoms with E-state index in [9.17, 15) is 0 Å². The van der Waals surface area contributed by atoms with Gasteiger partial charge in [-0.05, 0) is 59.8 Å². The van der Waals surface area contributed by atoms with E-state index < -0.39 is 0 Å². The molecule has 0 bridgehead atoms. The molecule has 0 aromatic heterocycles. The SMILES string of the molecule is CC(C)CCC(C)(CN)Nc1ccc(Br)c(Cl)c1. The second-order valence-corrected chi connectivity index (χ2v) is 6.71. The lowest BCUT2D eigenvalue weighted by Crippen LogP contribution is -2.42. The first kappa shape index (κ1) is 15.8. The van der Waals surface area contributed by atoms with Crippen LogP contribution in [-0.2, 0) is 0 Å². The van der Waals surface area contributed by atoms with E-state index in [2.05, 4.69) is 42.0 Å². The van der Waals surface area contributed by atoms with E-state index in [-0.39, 0.29) is 5.54 Å². The average molecular weight is 334 g/mol. The van der Waals surface area contributed by atoms with Crippen LogP contribution in [0.5, 0.6) is 0 Å². The zero-order valence-electron chi connectivity index (χ0n) is 11.3. The second kappa shape index (κ2) is 6.78. The molecule has 0 spiro atoms. The van der Waals surface area contributed by atoms with Gasteiger partial charge in [0.15, 0.2) is 0 Å². The Bertz CT molecular complexity index is 395. The van der Waals surface area contributed by atoms with E-state index in [0.29, 0.717) is 17.5 Å². The number of nitrogens with two attached hydrogens (primary N) is 1. The number of benzene rings is 1. The van der Waals surface area contributed by atoms with Crippen molar-refractivity contribution in [2.45, 2.75) is 39.2 Å². The van der Waals surface area contributed by atoms with E-state index in [4.69, 9.17) is 17.3 Å². The van der Waals surface area contributed by atoms with Crippen molar-refractivity contribution in [1.82, 2.24) is 0 Å². The summed E-state index contributed by atoms with van der Waals surface area (Å²) < 4.78 is 0.909. The fraction of sp³-hybridized carbons (Fsp3) is 0.571. The van der Waals surface area contributed by atoms with E-state index in [0.717, 1.165) is 23.0 Å². The minimum atomic E-state index is -0.0819. The number of halogens is 2. The van der Waals surface area contributed by atoms with E-state index in [1.54, 1.807) is 0 Å². The molecular weight excluding hydrogens is 312 g/mol. The fourth-order valence-electron chi connectivity index (χ4n) is 1.75. The molecule has 1 aromatic carbocycles. The fourth-order valence-corrected chi connectivity index (χ4v) is 2.17. The van der Waals surface area contributed by atoms with E-state index in [1.807, 2.05) is 18.2 Å². The molecule has 0 heterocycles. The highest BCUT2D eigenvalue weighted by Gasteiger charge is 2.22. The van der Waals surface area contributed by atoms with Crippen LogP contribution < -0.4 is 11.1 Å². The van der Waals surface area contributed by atoms with Crippen molar-refractivity contribution < 1.29 is 0 Å². The zero-order valence-corrected chi connectivity index (χ0v) is 13.6. The summed E-state index contributed by atoms with van der Waals surface area (Å²) in [5.74, 6) is 0.686. The summed E-state index contributed by atoms with van der Waals surface area (Å²) in [4.78, 5) is 0. The van der Waals surface area contributed by atoms with Crippen molar-refractivity contribution in [1.29, 1.82) is 0 Å². The highest BCUT2D eigenvalue weighted by atomic mass is 79.9. The molecule has 0 saturated carbocycles.